The average molecular weight is 572 g/mol. The number of aromatic nitrogens is 1. The molecule has 1 aliphatic rings. The molecule has 0 spiro atoms. The summed E-state index contributed by atoms with van der Waals surface area (Å²) < 4.78 is 39.0. The van der Waals surface area contributed by atoms with Crippen LogP contribution in [0.2, 0.25) is 0 Å². The Morgan fingerprint density at radius 2 is 1.81 bits per heavy atom. The molecule has 1 aromatic heterocycles. The Hall–Kier alpha value is -4.83. The van der Waals surface area contributed by atoms with E-state index in [0.29, 0.717) is 40.3 Å². The van der Waals surface area contributed by atoms with E-state index < -0.39 is 23.7 Å². The van der Waals surface area contributed by atoms with Crippen molar-refractivity contribution in [3.05, 3.63) is 113 Å². The smallest absolute Gasteiger partial charge is 0.369 e. The molecule has 42 heavy (non-hydrogen) atoms. The minimum atomic E-state index is -4.44. The number of halogens is 3. The molecule has 3 aromatic carbocycles. The highest BCUT2D eigenvalue weighted by molar-refractivity contribution is 6.08. The highest BCUT2D eigenvalue weighted by Crippen LogP contribution is 2.33. The molecule has 0 saturated carbocycles. The Balaban J connectivity index is 1.31. The second kappa shape index (κ2) is 12.0. The van der Waals surface area contributed by atoms with Crippen LogP contribution in [0.25, 0.3) is 11.1 Å². The van der Waals surface area contributed by atoms with E-state index >= 15 is 0 Å². The number of carbonyl (C=O) groups is 2. The maximum atomic E-state index is 13.3. The molecule has 1 amide bonds. The largest absolute Gasteiger partial charge is 0.416 e. The number of nitrogens with one attached hydrogen (secondary N) is 2. The van der Waals surface area contributed by atoms with Crippen LogP contribution in [0.4, 0.5) is 24.5 Å². The van der Waals surface area contributed by atoms with Gasteiger partial charge in [0.1, 0.15) is 0 Å². The van der Waals surface area contributed by atoms with Gasteiger partial charge in [-0.1, -0.05) is 36.4 Å². The Bertz CT molecular complexity index is 1650. The van der Waals surface area contributed by atoms with Gasteiger partial charge >= 0.3 is 6.18 Å². The predicted molar refractivity (Wildman–Crippen MR) is 156 cm³/mol. The van der Waals surface area contributed by atoms with E-state index in [4.69, 9.17) is 0 Å². The molecular weight excluding hydrogens is 543 g/mol. The van der Waals surface area contributed by atoms with E-state index in [-0.39, 0.29) is 12.2 Å². The quantitative estimate of drug-likeness (QED) is 0.194. The maximum Gasteiger partial charge on any atom is 0.416 e. The number of Topliss-reactive ketones (excluding diaryl/α,β-unsaturated/α-hetero) is 1. The van der Waals surface area contributed by atoms with Gasteiger partial charge in [-0.3, -0.25) is 19.9 Å². The molecule has 4 aromatic rings. The molecule has 0 fully saturated rings. The number of nitrogens with zero attached hydrogens (tertiary/aromatic N) is 3. The van der Waals surface area contributed by atoms with Crippen molar-refractivity contribution in [3.63, 3.8) is 0 Å². The van der Waals surface area contributed by atoms with Gasteiger partial charge in [-0.2, -0.15) is 13.2 Å². The third kappa shape index (κ3) is 6.39. The van der Waals surface area contributed by atoms with Crippen LogP contribution in [0.1, 0.15) is 38.8 Å². The lowest BCUT2D eigenvalue weighted by Gasteiger charge is -2.14. The van der Waals surface area contributed by atoms with Crippen molar-refractivity contribution in [2.24, 2.45) is 4.99 Å². The topological polar surface area (TPSA) is 86.7 Å². The molecule has 0 aliphatic carbocycles. The van der Waals surface area contributed by atoms with Gasteiger partial charge in [0.05, 0.1) is 35.7 Å². The average Bonchev–Trinajstić information content (AvgIpc) is 3.40. The number of fused-ring (bicyclic) bond motifs is 1. The van der Waals surface area contributed by atoms with Crippen molar-refractivity contribution in [1.82, 2.24) is 15.2 Å². The normalized spacial score (nSPS) is 14.5. The van der Waals surface area contributed by atoms with E-state index in [9.17, 15) is 22.8 Å². The fraction of sp³-hybridized carbons (Fsp3) is 0.188. The molecule has 2 heterocycles. The molecule has 214 valence electrons. The van der Waals surface area contributed by atoms with Crippen molar-refractivity contribution in [3.8, 4) is 11.1 Å². The first-order valence-corrected chi connectivity index (χ1v) is 13.2. The second-order valence-electron chi connectivity index (χ2n) is 10.1. The predicted octanol–water partition coefficient (Wildman–Crippen LogP) is 6.20. The van der Waals surface area contributed by atoms with Gasteiger partial charge in [-0.05, 0) is 64.7 Å². The summed E-state index contributed by atoms with van der Waals surface area (Å²) in [5.74, 6) is -0.444. The monoisotopic (exact) mass is 571 g/mol. The molecule has 0 radical (unpaired) electrons. The minimum Gasteiger partial charge on any atom is -0.369 e. The number of pyridine rings is 1. The van der Waals surface area contributed by atoms with Crippen LogP contribution >= 0.6 is 0 Å². The van der Waals surface area contributed by atoms with Crippen LogP contribution in [0.15, 0.2) is 90.1 Å². The zero-order valence-corrected chi connectivity index (χ0v) is 22.9. The Kier molecular flexibility index (Phi) is 8.17. The second-order valence-corrected chi connectivity index (χ2v) is 10.1. The number of anilines is 1. The van der Waals surface area contributed by atoms with Crippen molar-refractivity contribution >= 4 is 29.4 Å². The first-order valence-electron chi connectivity index (χ1n) is 13.2. The standard InChI is InChI=1S/C32H28F3N5O2/c1-40(2)19-38-27-8-5-15-36-28(27)17-29(41)30-25-14-13-23(16-21(25)18-37-30)39-31(42)26-7-4-3-6-24(26)20-9-11-22(12-10-20)32(33,34)35/h3-16,19,30,37H,17-18H2,1-2H3,(H,39,42). The van der Waals surface area contributed by atoms with Gasteiger partial charge in [0, 0.05) is 38.1 Å². The van der Waals surface area contributed by atoms with Gasteiger partial charge in [-0.25, -0.2) is 4.99 Å². The molecule has 1 atom stereocenters. The number of amides is 1. The first-order chi connectivity index (χ1) is 20.1. The summed E-state index contributed by atoms with van der Waals surface area (Å²) in [6.45, 7) is 0.450. The van der Waals surface area contributed by atoms with Gasteiger partial charge in [0.2, 0.25) is 0 Å². The third-order valence-electron chi connectivity index (χ3n) is 6.86. The number of benzene rings is 3. The lowest BCUT2D eigenvalue weighted by Crippen LogP contribution is -2.24. The van der Waals surface area contributed by atoms with Crippen molar-refractivity contribution in [2.75, 3.05) is 19.4 Å². The van der Waals surface area contributed by atoms with Gasteiger partial charge in [-0.15, -0.1) is 0 Å². The summed E-state index contributed by atoms with van der Waals surface area (Å²) in [6.07, 6.45) is -1.04. The van der Waals surface area contributed by atoms with Gasteiger partial charge < -0.3 is 10.2 Å². The summed E-state index contributed by atoms with van der Waals surface area (Å²) in [4.78, 5) is 37.1. The molecule has 7 nitrogen and oxygen atoms in total. The zero-order valence-electron chi connectivity index (χ0n) is 22.9. The molecule has 5 rings (SSSR count). The van der Waals surface area contributed by atoms with Crippen molar-refractivity contribution in [2.45, 2.75) is 25.2 Å². The molecule has 1 unspecified atom stereocenters. The van der Waals surface area contributed by atoms with Crippen molar-refractivity contribution < 1.29 is 22.8 Å². The molecule has 10 heteroatoms. The SMILES string of the molecule is CN(C)C=Nc1cccnc1CC(=O)C1NCc2cc(NC(=O)c3ccccc3-c3ccc(C(F)(F)F)cc3)ccc21. The van der Waals surface area contributed by atoms with Gasteiger partial charge in [0.15, 0.2) is 5.78 Å². The molecule has 1 aliphatic heterocycles. The van der Waals surface area contributed by atoms with Crippen LogP contribution in [0, 0.1) is 0 Å². The number of alkyl halides is 3. The lowest BCUT2D eigenvalue weighted by molar-refractivity contribution is -0.137. The van der Waals surface area contributed by atoms with E-state index in [1.807, 2.05) is 32.3 Å². The number of rotatable bonds is 8. The summed E-state index contributed by atoms with van der Waals surface area (Å²) in [6, 6.07) is 19.9. The number of ketones is 1. The zero-order chi connectivity index (χ0) is 29.9. The van der Waals surface area contributed by atoms with Crippen LogP contribution in [-0.4, -0.2) is 42.0 Å². The van der Waals surface area contributed by atoms with Crippen LogP contribution < -0.4 is 10.6 Å². The Morgan fingerprint density at radius 3 is 2.55 bits per heavy atom. The summed E-state index contributed by atoms with van der Waals surface area (Å²) in [5.41, 5.74) is 4.06. The van der Waals surface area contributed by atoms with Crippen LogP contribution in [0.3, 0.4) is 0 Å². The van der Waals surface area contributed by atoms with E-state index in [1.165, 1.54) is 12.1 Å². The molecule has 0 bridgehead atoms. The van der Waals surface area contributed by atoms with Crippen LogP contribution in [0.5, 0.6) is 0 Å². The van der Waals surface area contributed by atoms with E-state index in [1.54, 1.807) is 53.8 Å². The summed E-state index contributed by atoms with van der Waals surface area (Å²) in [7, 11) is 3.72. The number of carbonyl (C=O) groups excluding carboxylic acids is 2. The van der Waals surface area contributed by atoms with E-state index in [0.717, 1.165) is 23.3 Å². The minimum absolute atomic E-state index is 0.0454. The number of hydrogen-bond acceptors (Lipinski definition) is 5. The van der Waals surface area contributed by atoms with Crippen molar-refractivity contribution in [1.29, 1.82) is 0 Å². The Labute approximate surface area is 241 Å². The number of hydrogen-bond donors (Lipinski definition) is 2. The summed E-state index contributed by atoms with van der Waals surface area (Å²) in [5, 5.41) is 6.14. The highest BCUT2D eigenvalue weighted by atomic mass is 19.4. The maximum absolute atomic E-state index is 13.3. The van der Waals surface area contributed by atoms with E-state index in [2.05, 4.69) is 20.6 Å². The molecule has 0 saturated heterocycles. The molecular formula is C32H28F3N5O2. The Morgan fingerprint density at radius 1 is 1.05 bits per heavy atom. The highest BCUT2D eigenvalue weighted by Gasteiger charge is 2.31. The fourth-order valence-corrected chi connectivity index (χ4v) is 4.83. The number of aliphatic imine (C=N–C) groups is 1. The molecule has 2 N–H and O–H groups in total. The summed E-state index contributed by atoms with van der Waals surface area (Å²) >= 11 is 0. The first kappa shape index (κ1) is 28.7. The third-order valence-corrected chi connectivity index (χ3v) is 6.86. The van der Waals surface area contributed by atoms with Gasteiger partial charge in [0.25, 0.3) is 5.91 Å². The fourth-order valence-electron chi connectivity index (χ4n) is 4.83. The lowest BCUT2D eigenvalue weighted by atomic mass is 9.97. The van der Waals surface area contributed by atoms with Crippen LogP contribution in [-0.2, 0) is 23.9 Å².